The molecule has 0 bridgehead atoms. The minimum atomic E-state index is -0.560. The number of halogens is 1. The standard InChI is InChI=1S/C23H28ClN3O5/c1-30-18-9-6-16(21(31-2)22(18)32-3)14-19(28)26-10-12-27(13-11-26)20(23(25)29)15-4-7-17(24)8-5-15/h4-9,20H,10-14H2,1-3H3,(H2,25,29). The molecule has 1 saturated heterocycles. The average Bonchev–Trinajstić information content (AvgIpc) is 2.80. The fraction of sp³-hybridized carbons (Fsp3) is 0.391. The number of nitrogens with zero attached hydrogens (tertiary/aromatic N) is 2. The maximum atomic E-state index is 13.0. The summed E-state index contributed by atoms with van der Waals surface area (Å²) in [4.78, 5) is 28.9. The van der Waals surface area contributed by atoms with Crippen LogP contribution in [-0.2, 0) is 16.0 Å². The number of ether oxygens (including phenoxy) is 3. The van der Waals surface area contributed by atoms with E-state index in [1.54, 1.807) is 48.4 Å². The number of hydrogen-bond donors (Lipinski definition) is 1. The molecule has 0 aliphatic carbocycles. The number of amides is 2. The predicted octanol–water partition coefficient (Wildman–Crippen LogP) is 2.28. The number of benzene rings is 2. The topological polar surface area (TPSA) is 94.3 Å². The predicted molar refractivity (Wildman–Crippen MR) is 121 cm³/mol. The summed E-state index contributed by atoms with van der Waals surface area (Å²) in [5.41, 5.74) is 7.19. The fourth-order valence-electron chi connectivity index (χ4n) is 4.01. The first-order chi connectivity index (χ1) is 15.4. The minimum Gasteiger partial charge on any atom is -0.493 e. The van der Waals surface area contributed by atoms with Crippen molar-refractivity contribution in [3.05, 3.63) is 52.5 Å². The van der Waals surface area contributed by atoms with Crippen LogP contribution in [-0.4, -0.2) is 69.1 Å². The molecule has 9 heteroatoms. The zero-order valence-corrected chi connectivity index (χ0v) is 19.2. The Morgan fingerprint density at radius 1 is 0.938 bits per heavy atom. The highest BCUT2D eigenvalue weighted by Crippen LogP contribution is 2.40. The van der Waals surface area contributed by atoms with E-state index in [4.69, 9.17) is 31.5 Å². The van der Waals surface area contributed by atoms with E-state index >= 15 is 0 Å². The Labute approximate surface area is 192 Å². The van der Waals surface area contributed by atoms with Crippen LogP contribution >= 0.6 is 11.6 Å². The summed E-state index contributed by atoms with van der Waals surface area (Å²) >= 11 is 5.96. The van der Waals surface area contributed by atoms with Gasteiger partial charge in [0.2, 0.25) is 17.6 Å². The van der Waals surface area contributed by atoms with Crippen LogP contribution in [0.3, 0.4) is 0 Å². The highest BCUT2D eigenvalue weighted by atomic mass is 35.5. The van der Waals surface area contributed by atoms with Crippen molar-refractivity contribution in [2.45, 2.75) is 12.5 Å². The van der Waals surface area contributed by atoms with Crippen molar-refractivity contribution in [1.82, 2.24) is 9.80 Å². The van der Waals surface area contributed by atoms with Gasteiger partial charge in [0.25, 0.3) is 0 Å². The van der Waals surface area contributed by atoms with Crippen molar-refractivity contribution in [3.63, 3.8) is 0 Å². The molecule has 2 aromatic carbocycles. The SMILES string of the molecule is COc1ccc(CC(=O)N2CCN(C(C(N)=O)c3ccc(Cl)cc3)CC2)c(OC)c1OC. The first kappa shape index (κ1) is 23.7. The Morgan fingerprint density at radius 2 is 1.56 bits per heavy atom. The van der Waals surface area contributed by atoms with Crippen LogP contribution in [0.2, 0.25) is 5.02 Å². The Hall–Kier alpha value is -2.97. The molecule has 0 aromatic heterocycles. The molecule has 1 unspecified atom stereocenters. The van der Waals surface area contributed by atoms with Gasteiger partial charge in [-0.2, -0.15) is 0 Å². The number of hydrogen-bond acceptors (Lipinski definition) is 6. The third kappa shape index (κ3) is 5.08. The molecule has 0 saturated carbocycles. The molecular weight excluding hydrogens is 434 g/mol. The van der Waals surface area contributed by atoms with Gasteiger partial charge < -0.3 is 24.8 Å². The molecular formula is C23H28ClN3O5. The lowest BCUT2D eigenvalue weighted by Gasteiger charge is -2.38. The average molecular weight is 462 g/mol. The molecule has 1 aliphatic rings. The van der Waals surface area contributed by atoms with Gasteiger partial charge in [-0.05, 0) is 23.8 Å². The van der Waals surface area contributed by atoms with Gasteiger partial charge in [0.15, 0.2) is 11.5 Å². The van der Waals surface area contributed by atoms with Gasteiger partial charge >= 0.3 is 0 Å². The van der Waals surface area contributed by atoms with Gasteiger partial charge in [0.05, 0.1) is 27.8 Å². The molecule has 1 heterocycles. The maximum Gasteiger partial charge on any atom is 0.239 e. The molecule has 8 nitrogen and oxygen atoms in total. The first-order valence-electron chi connectivity index (χ1n) is 10.2. The van der Waals surface area contributed by atoms with Gasteiger partial charge in [0, 0.05) is 36.8 Å². The Bertz CT molecular complexity index is 959. The van der Waals surface area contributed by atoms with Gasteiger partial charge in [-0.3, -0.25) is 14.5 Å². The quantitative estimate of drug-likeness (QED) is 0.648. The number of rotatable bonds is 8. The second-order valence-electron chi connectivity index (χ2n) is 7.44. The number of carbonyl (C=O) groups is 2. The first-order valence-corrected chi connectivity index (χ1v) is 10.6. The molecule has 1 aliphatic heterocycles. The highest BCUT2D eigenvalue weighted by molar-refractivity contribution is 6.30. The number of nitrogens with two attached hydrogens (primary N) is 1. The second kappa shape index (κ2) is 10.6. The van der Waals surface area contributed by atoms with Crippen molar-refractivity contribution in [2.24, 2.45) is 5.73 Å². The van der Waals surface area contributed by atoms with Crippen LogP contribution in [0.5, 0.6) is 17.2 Å². The Balaban J connectivity index is 1.68. The molecule has 1 fully saturated rings. The summed E-state index contributed by atoms with van der Waals surface area (Å²) in [5, 5.41) is 0.595. The van der Waals surface area contributed by atoms with E-state index in [0.29, 0.717) is 54.0 Å². The Kier molecular flexibility index (Phi) is 7.82. The molecule has 0 radical (unpaired) electrons. The lowest BCUT2D eigenvalue weighted by atomic mass is 10.0. The van der Waals surface area contributed by atoms with Crippen LogP contribution < -0.4 is 19.9 Å². The lowest BCUT2D eigenvalue weighted by molar-refractivity contribution is -0.133. The van der Waals surface area contributed by atoms with Gasteiger partial charge in [-0.15, -0.1) is 0 Å². The van der Waals surface area contributed by atoms with E-state index in [1.807, 2.05) is 4.90 Å². The van der Waals surface area contributed by atoms with Crippen molar-refractivity contribution in [2.75, 3.05) is 47.5 Å². The summed E-state index contributed by atoms with van der Waals surface area (Å²) in [5.74, 6) is 1.01. The second-order valence-corrected chi connectivity index (χ2v) is 7.88. The van der Waals surface area contributed by atoms with Crippen LogP contribution in [0.25, 0.3) is 0 Å². The van der Waals surface area contributed by atoms with Crippen molar-refractivity contribution in [1.29, 1.82) is 0 Å². The van der Waals surface area contributed by atoms with Crippen LogP contribution in [0.1, 0.15) is 17.2 Å². The van der Waals surface area contributed by atoms with E-state index in [2.05, 4.69) is 0 Å². The number of methoxy groups -OCH3 is 3. The zero-order chi connectivity index (χ0) is 23.3. The van der Waals surface area contributed by atoms with Crippen molar-refractivity contribution >= 4 is 23.4 Å². The highest BCUT2D eigenvalue weighted by Gasteiger charge is 2.31. The number of primary amides is 1. The monoisotopic (exact) mass is 461 g/mol. The summed E-state index contributed by atoms with van der Waals surface area (Å²) < 4.78 is 16.2. The normalized spacial score (nSPS) is 15.2. The molecule has 1 atom stereocenters. The molecule has 172 valence electrons. The molecule has 2 aromatic rings. The van der Waals surface area contributed by atoms with E-state index < -0.39 is 11.9 Å². The van der Waals surface area contributed by atoms with Gasteiger partial charge in [-0.1, -0.05) is 29.8 Å². The van der Waals surface area contributed by atoms with E-state index in [0.717, 1.165) is 5.56 Å². The zero-order valence-electron chi connectivity index (χ0n) is 18.5. The van der Waals surface area contributed by atoms with Crippen LogP contribution in [0.15, 0.2) is 36.4 Å². The maximum absolute atomic E-state index is 13.0. The van der Waals surface area contributed by atoms with Gasteiger partial charge in [0.1, 0.15) is 6.04 Å². The third-order valence-corrected chi connectivity index (χ3v) is 5.87. The van der Waals surface area contributed by atoms with E-state index in [1.165, 1.54) is 14.2 Å². The lowest BCUT2D eigenvalue weighted by Crippen LogP contribution is -2.52. The largest absolute Gasteiger partial charge is 0.493 e. The smallest absolute Gasteiger partial charge is 0.239 e. The molecule has 2 N–H and O–H groups in total. The number of piperazine rings is 1. The summed E-state index contributed by atoms with van der Waals surface area (Å²) in [6.07, 6.45) is 0.167. The van der Waals surface area contributed by atoms with Gasteiger partial charge in [-0.25, -0.2) is 0 Å². The van der Waals surface area contributed by atoms with Crippen molar-refractivity contribution in [3.8, 4) is 17.2 Å². The third-order valence-electron chi connectivity index (χ3n) is 5.61. The molecule has 3 rings (SSSR count). The van der Waals surface area contributed by atoms with E-state index in [-0.39, 0.29) is 12.3 Å². The van der Waals surface area contributed by atoms with Crippen molar-refractivity contribution < 1.29 is 23.8 Å². The van der Waals surface area contributed by atoms with Crippen LogP contribution in [0, 0.1) is 0 Å². The number of carbonyl (C=O) groups excluding carboxylic acids is 2. The van der Waals surface area contributed by atoms with Crippen LogP contribution in [0.4, 0.5) is 0 Å². The fourth-order valence-corrected chi connectivity index (χ4v) is 4.13. The summed E-state index contributed by atoms with van der Waals surface area (Å²) in [6.45, 7) is 2.05. The summed E-state index contributed by atoms with van der Waals surface area (Å²) in [7, 11) is 4.61. The molecule has 0 spiro atoms. The molecule has 2 amide bonds. The minimum absolute atomic E-state index is 0.0303. The Morgan fingerprint density at radius 3 is 2.09 bits per heavy atom. The van der Waals surface area contributed by atoms with E-state index in [9.17, 15) is 9.59 Å². The summed E-state index contributed by atoms with van der Waals surface area (Å²) in [6, 6.07) is 10.1. The molecule has 32 heavy (non-hydrogen) atoms.